The van der Waals surface area contributed by atoms with E-state index in [4.69, 9.17) is 0 Å². The first-order chi connectivity index (χ1) is 12.3. The van der Waals surface area contributed by atoms with Gasteiger partial charge in [-0.2, -0.15) is 0 Å². The molecule has 3 aromatic rings. The molecule has 3 rings (SSSR count). The molecule has 1 aromatic heterocycles. The molecule has 2 aromatic carbocycles. The second-order valence-electron chi connectivity index (χ2n) is 6.91. The predicted molar refractivity (Wildman–Crippen MR) is 109 cm³/mol. The number of para-hydroxylation sites is 1. The maximum Gasteiger partial charge on any atom is 0.229 e. The number of aromatic nitrogens is 1. The number of fused-ring (bicyclic) bond motifs is 1. The number of H-pyrrole nitrogens is 1. The lowest BCUT2D eigenvalue weighted by Gasteiger charge is -2.34. The van der Waals surface area contributed by atoms with E-state index in [2.05, 4.69) is 60.8 Å². The largest absolute Gasteiger partial charge is 0.359 e. The van der Waals surface area contributed by atoms with E-state index in [9.17, 15) is 8.42 Å². The Morgan fingerprint density at radius 2 is 1.69 bits per heavy atom. The van der Waals surface area contributed by atoms with Crippen molar-refractivity contribution in [3.8, 4) is 0 Å². The molecule has 0 atom stereocenters. The van der Waals surface area contributed by atoms with Crippen LogP contribution in [0.1, 0.15) is 43.4 Å². The van der Waals surface area contributed by atoms with Gasteiger partial charge in [0.25, 0.3) is 0 Å². The van der Waals surface area contributed by atoms with Gasteiger partial charge in [-0.3, -0.25) is 4.72 Å². The summed E-state index contributed by atoms with van der Waals surface area (Å²) >= 11 is 0. The molecule has 0 unspecified atom stereocenters. The molecule has 0 saturated heterocycles. The standard InChI is InChI=1S/C21H26N2O2S/c1-5-21(6-2,17-12-8-7-10-15(17)3)18-14-22-20-16(18)11-9-13-19(20)23-26(4,24)25/h7-14,22-23H,5-6H2,1-4H3. The summed E-state index contributed by atoms with van der Waals surface area (Å²) in [6, 6.07) is 14.3. The second-order valence-corrected chi connectivity index (χ2v) is 8.66. The molecular formula is C21H26N2O2S. The van der Waals surface area contributed by atoms with Crippen LogP contribution >= 0.6 is 0 Å². The number of benzene rings is 2. The van der Waals surface area contributed by atoms with Crippen LogP contribution < -0.4 is 4.72 Å². The van der Waals surface area contributed by atoms with E-state index < -0.39 is 10.0 Å². The van der Waals surface area contributed by atoms with Crippen LogP contribution in [0.2, 0.25) is 0 Å². The van der Waals surface area contributed by atoms with Crippen LogP contribution in [0.4, 0.5) is 5.69 Å². The number of nitrogens with one attached hydrogen (secondary N) is 2. The fourth-order valence-electron chi connectivity index (χ4n) is 4.10. The number of hydrogen-bond acceptors (Lipinski definition) is 2. The van der Waals surface area contributed by atoms with Gasteiger partial charge in [0.2, 0.25) is 10.0 Å². The number of aryl methyl sites for hydroxylation is 1. The topological polar surface area (TPSA) is 62.0 Å². The zero-order valence-electron chi connectivity index (χ0n) is 15.8. The molecule has 5 heteroatoms. The van der Waals surface area contributed by atoms with Crippen LogP contribution in [0.25, 0.3) is 10.9 Å². The Morgan fingerprint density at radius 3 is 2.31 bits per heavy atom. The Bertz CT molecular complexity index is 1030. The SMILES string of the molecule is CCC(CC)(c1ccccc1C)c1c[nH]c2c(NS(C)(=O)=O)cccc12. The summed E-state index contributed by atoms with van der Waals surface area (Å²) in [6.07, 6.45) is 5.14. The van der Waals surface area contributed by atoms with Gasteiger partial charge in [-0.05, 0) is 42.5 Å². The summed E-state index contributed by atoms with van der Waals surface area (Å²) in [4.78, 5) is 3.32. The molecule has 4 nitrogen and oxygen atoms in total. The Hall–Kier alpha value is -2.27. The third kappa shape index (κ3) is 3.12. The third-order valence-corrected chi connectivity index (χ3v) is 5.98. The van der Waals surface area contributed by atoms with E-state index in [0.29, 0.717) is 5.69 Å². The smallest absolute Gasteiger partial charge is 0.229 e. The summed E-state index contributed by atoms with van der Waals surface area (Å²) < 4.78 is 26.0. The van der Waals surface area contributed by atoms with E-state index in [1.54, 1.807) is 6.07 Å². The van der Waals surface area contributed by atoms with Crippen LogP contribution in [-0.2, 0) is 15.4 Å². The van der Waals surface area contributed by atoms with Gasteiger partial charge < -0.3 is 4.98 Å². The normalized spacial score (nSPS) is 12.5. The highest BCUT2D eigenvalue weighted by molar-refractivity contribution is 7.92. The van der Waals surface area contributed by atoms with Crippen molar-refractivity contribution in [2.45, 2.75) is 39.0 Å². The van der Waals surface area contributed by atoms with Crippen LogP contribution in [0.15, 0.2) is 48.7 Å². The minimum Gasteiger partial charge on any atom is -0.359 e. The number of rotatable bonds is 6. The molecule has 0 amide bonds. The van der Waals surface area contributed by atoms with Crippen molar-refractivity contribution >= 4 is 26.6 Å². The highest BCUT2D eigenvalue weighted by atomic mass is 32.2. The Labute approximate surface area is 155 Å². The van der Waals surface area contributed by atoms with E-state index >= 15 is 0 Å². The van der Waals surface area contributed by atoms with E-state index in [0.717, 1.165) is 23.7 Å². The first-order valence-corrected chi connectivity index (χ1v) is 10.9. The lowest BCUT2D eigenvalue weighted by molar-refractivity contribution is 0.479. The Balaban J connectivity index is 2.26. The number of hydrogen-bond donors (Lipinski definition) is 2. The Kier molecular flexibility index (Phi) is 4.84. The van der Waals surface area contributed by atoms with Crippen LogP contribution in [0.3, 0.4) is 0 Å². The van der Waals surface area contributed by atoms with Gasteiger partial charge in [0.1, 0.15) is 0 Å². The van der Waals surface area contributed by atoms with Gasteiger partial charge >= 0.3 is 0 Å². The molecule has 0 fully saturated rings. The van der Waals surface area contributed by atoms with Crippen molar-refractivity contribution in [2.24, 2.45) is 0 Å². The number of anilines is 1. The molecule has 0 spiro atoms. The zero-order valence-corrected chi connectivity index (χ0v) is 16.6. The molecule has 0 saturated carbocycles. The molecule has 26 heavy (non-hydrogen) atoms. The van der Waals surface area contributed by atoms with E-state index in [1.165, 1.54) is 22.9 Å². The minimum absolute atomic E-state index is 0.118. The monoisotopic (exact) mass is 370 g/mol. The predicted octanol–water partition coefficient (Wildman–Crippen LogP) is 4.95. The van der Waals surface area contributed by atoms with Gasteiger partial charge in [-0.15, -0.1) is 0 Å². The van der Waals surface area contributed by atoms with Crippen molar-refractivity contribution in [3.63, 3.8) is 0 Å². The fourth-order valence-corrected chi connectivity index (χ4v) is 4.67. The van der Waals surface area contributed by atoms with Crippen LogP contribution in [-0.4, -0.2) is 19.7 Å². The summed E-state index contributed by atoms with van der Waals surface area (Å²) in [5, 5.41) is 1.06. The summed E-state index contributed by atoms with van der Waals surface area (Å²) in [5.74, 6) is 0. The lowest BCUT2D eigenvalue weighted by atomic mass is 9.69. The maximum atomic E-state index is 11.7. The third-order valence-electron chi connectivity index (χ3n) is 5.39. The van der Waals surface area contributed by atoms with Crippen molar-refractivity contribution in [1.82, 2.24) is 4.98 Å². The van der Waals surface area contributed by atoms with Gasteiger partial charge in [0.05, 0.1) is 17.5 Å². The van der Waals surface area contributed by atoms with Gasteiger partial charge in [0, 0.05) is 17.0 Å². The number of aromatic amines is 1. The van der Waals surface area contributed by atoms with Crippen molar-refractivity contribution < 1.29 is 8.42 Å². The number of sulfonamides is 1. The zero-order chi connectivity index (χ0) is 18.9. The Morgan fingerprint density at radius 1 is 1.00 bits per heavy atom. The summed E-state index contributed by atoms with van der Waals surface area (Å²) in [7, 11) is -3.33. The molecule has 2 N–H and O–H groups in total. The first kappa shape index (κ1) is 18.5. The molecule has 138 valence electrons. The average molecular weight is 371 g/mol. The second kappa shape index (κ2) is 6.80. The maximum absolute atomic E-state index is 11.7. The van der Waals surface area contributed by atoms with Crippen LogP contribution in [0, 0.1) is 6.92 Å². The lowest BCUT2D eigenvalue weighted by Crippen LogP contribution is -2.26. The van der Waals surface area contributed by atoms with Gasteiger partial charge in [-0.25, -0.2) is 8.42 Å². The first-order valence-electron chi connectivity index (χ1n) is 8.97. The van der Waals surface area contributed by atoms with E-state index in [-0.39, 0.29) is 5.41 Å². The molecule has 0 aliphatic carbocycles. The highest BCUT2D eigenvalue weighted by Crippen LogP contribution is 2.44. The van der Waals surface area contributed by atoms with E-state index in [1.807, 2.05) is 12.3 Å². The van der Waals surface area contributed by atoms with Gasteiger partial charge in [0.15, 0.2) is 0 Å². The molecule has 0 radical (unpaired) electrons. The van der Waals surface area contributed by atoms with Crippen molar-refractivity contribution in [1.29, 1.82) is 0 Å². The minimum atomic E-state index is -3.33. The van der Waals surface area contributed by atoms with Crippen molar-refractivity contribution in [2.75, 3.05) is 11.0 Å². The molecule has 0 aliphatic rings. The fraction of sp³-hybridized carbons (Fsp3) is 0.333. The summed E-state index contributed by atoms with van der Waals surface area (Å²) in [5.41, 5.74) is 5.11. The summed E-state index contributed by atoms with van der Waals surface area (Å²) in [6.45, 7) is 6.58. The quantitative estimate of drug-likeness (QED) is 0.644. The molecule has 0 aliphatic heterocycles. The van der Waals surface area contributed by atoms with Gasteiger partial charge in [-0.1, -0.05) is 50.2 Å². The molecule has 1 heterocycles. The van der Waals surface area contributed by atoms with Crippen LogP contribution in [0.5, 0.6) is 0 Å². The highest BCUT2D eigenvalue weighted by Gasteiger charge is 2.34. The average Bonchev–Trinajstić information content (AvgIpc) is 3.03. The molecular weight excluding hydrogens is 344 g/mol. The molecule has 0 bridgehead atoms. The van der Waals surface area contributed by atoms with Crippen molar-refractivity contribution in [3.05, 3.63) is 65.4 Å².